The summed E-state index contributed by atoms with van der Waals surface area (Å²) in [6, 6.07) is 40.8. The second kappa shape index (κ2) is 17.3. The molecule has 5 aromatic rings. The van der Waals surface area contributed by atoms with Gasteiger partial charge >= 0.3 is 0 Å². The van der Waals surface area contributed by atoms with E-state index in [4.69, 9.17) is 19.5 Å². The highest BCUT2D eigenvalue weighted by Crippen LogP contribution is 2.53. The summed E-state index contributed by atoms with van der Waals surface area (Å²) in [5.74, 6) is 2.70. The first kappa shape index (κ1) is 36.5. The Kier molecular flexibility index (Phi) is 11.1. The van der Waals surface area contributed by atoms with Gasteiger partial charge in [0.1, 0.15) is 0 Å². The van der Waals surface area contributed by atoms with Crippen LogP contribution in [0.1, 0.15) is 28.7 Å². The lowest BCUT2D eigenvalue weighted by molar-refractivity contribution is 0.360. The van der Waals surface area contributed by atoms with E-state index in [1.165, 1.54) is 0 Å². The smallest absolute Gasteiger partial charge is 0.194 e. The first-order valence-electron chi connectivity index (χ1n) is 19.0. The molecule has 0 saturated heterocycles. The number of hydrogen-bond acceptors (Lipinski definition) is 5. The quantitative estimate of drug-likeness (QED) is 0.171. The summed E-state index contributed by atoms with van der Waals surface area (Å²) in [4.78, 5) is 12.1. The fraction of sp³-hybridized carbons (Fsp3) is 0.0385. The zero-order valence-corrected chi connectivity index (χ0v) is 31.7. The van der Waals surface area contributed by atoms with E-state index in [9.17, 15) is 0 Å². The molecule has 3 aliphatic rings. The highest BCUT2D eigenvalue weighted by molar-refractivity contribution is 6.13. The summed E-state index contributed by atoms with van der Waals surface area (Å²) >= 11 is 0. The monoisotopic (exact) mass is 739 g/mol. The highest BCUT2D eigenvalue weighted by atomic mass is 16.6. The van der Waals surface area contributed by atoms with Crippen LogP contribution in [0.15, 0.2) is 228 Å². The van der Waals surface area contributed by atoms with E-state index in [-0.39, 0.29) is 0 Å². The molecule has 2 aliphatic heterocycles. The lowest BCUT2D eigenvalue weighted by Gasteiger charge is -2.33. The number of para-hydroxylation sites is 2. The third-order valence-corrected chi connectivity index (χ3v) is 9.59. The normalized spacial score (nSPS) is 22.0. The lowest BCUT2D eigenvalue weighted by atomic mass is 10.0. The average Bonchev–Trinajstić information content (AvgIpc) is 3.25. The van der Waals surface area contributed by atoms with Crippen molar-refractivity contribution < 1.29 is 9.47 Å². The SMILES string of the molecule is C=C1/C=C\C=C/C/C(N(c2ccc(C3=C/C=C\N=C(c4ccccc4)/C=C(c4ccccc4)\N=C\C=C\3)cc2)c2c(C)ccc3c2Oc2ccccc2O3)=C\C=C/1. The van der Waals surface area contributed by atoms with Crippen molar-refractivity contribution in [2.45, 2.75) is 13.3 Å². The molecule has 0 amide bonds. The topological polar surface area (TPSA) is 46.4 Å². The summed E-state index contributed by atoms with van der Waals surface area (Å²) in [6.45, 7) is 6.28. The Hall–Kier alpha value is -7.50. The summed E-state index contributed by atoms with van der Waals surface area (Å²) in [7, 11) is 0. The molecule has 5 nitrogen and oxygen atoms in total. The Labute approximate surface area is 334 Å². The molecule has 0 radical (unpaired) electrons. The van der Waals surface area contributed by atoms with Crippen molar-refractivity contribution in [1.29, 1.82) is 0 Å². The van der Waals surface area contributed by atoms with Crippen LogP contribution in [0.3, 0.4) is 0 Å². The van der Waals surface area contributed by atoms with Gasteiger partial charge in [-0.3, -0.25) is 9.98 Å². The number of ether oxygens (including phenoxy) is 2. The van der Waals surface area contributed by atoms with Crippen molar-refractivity contribution in [2.75, 3.05) is 4.90 Å². The van der Waals surface area contributed by atoms with Crippen molar-refractivity contribution in [3.05, 3.63) is 241 Å². The van der Waals surface area contributed by atoms with Gasteiger partial charge in [-0.2, -0.15) is 0 Å². The van der Waals surface area contributed by atoms with Crippen molar-refractivity contribution in [3.8, 4) is 23.0 Å². The maximum absolute atomic E-state index is 6.65. The minimum Gasteiger partial charge on any atom is -0.449 e. The number of nitrogens with zero attached hydrogens (tertiary/aromatic N) is 3. The number of hydrogen-bond donors (Lipinski definition) is 0. The zero-order valence-electron chi connectivity index (χ0n) is 31.7. The minimum absolute atomic E-state index is 0.666. The van der Waals surface area contributed by atoms with E-state index >= 15 is 0 Å². The summed E-state index contributed by atoms with van der Waals surface area (Å²) in [6.07, 6.45) is 29.0. The van der Waals surface area contributed by atoms with E-state index in [0.717, 1.165) is 61.9 Å². The predicted octanol–water partition coefficient (Wildman–Crippen LogP) is 13.6. The third-order valence-electron chi connectivity index (χ3n) is 9.59. The molecule has 0 fully saturated rings. The van der Waals surface area contributed by atoms with Crippen LogP contribution in [0, 0.1) is 6.92 Å². The van der Waals surface area contributed by atoms with E-state index in [0.29, 0.717) is 29.4 Å². The summed E-state index contributed by atoms with van der Waals surface area (Å²) in [5.41, 5.74) is 10.6. The molecular formula is C52H41N3O2. The van der Waals surface area contributed by atoms with Crippen LogP contribution < -0.4 is 14.4 Å². The second-order valence-electron chi connectivity index (χ2n) is 13.6. The first-order valence-corrected chi connectivity index (χ1v) is 19.0. The summed E-state index contributed by atoms with van der Waals surface area (Å²) < 4.78 is 13.0. The van der Waals surface area contributed by atoms with Gasteiger partial charge in [0.15, 0.2) is 23.0 Å². The number of allylic oxidation sites excluding steroid dienone is 14. The molecule has 0 spiro atoms. The number of fused-ring (bicyclic) bond motifs is 2. The fourth-order valence-corrected chi connectivity index (χ4v) is 6.74. The largest absolute Gasteiger partial charge is 0.449 e. The van der Waals surface area contributed by atoms with Crippen LogP contribution in [0.4, 0.5) is 11.4 Å². The molecule has 57 heavy (non-hydrogen) atoms. The number of aliphatic imine (C=N–C) groups is 2. The number of rotatable bonds is 6. The van der Waals surface area contributed by atoms with Gasteiger partial charge in [0.2, 0.25) is 0 Å². The van der Waals surface area contributed by atoms with Gasteiger partial charge in [-0.1, -0.05) is 146 Å². The summed E-state index contributed by atoms with van der Waals surface area (Å²) in [5, 5.41) is 0. The van der Waals surface area contributed by atoms with Gasteiger partial charge in [-0.15, -0.1) is 0 Å². The molecular weight excluding hydrogens is 699 g/mol. The van der Waals surface area contributed by atoms with Crippen molar-refractivity contribution in [2.24, 2.45) is 9.98 Å². The van der Waals surface area contributed by atoms with Gasteiger partial charge in [0, 0.05) is 41.3 Å². The van der Waals surface area contributed by atoms with Crippen LogP contribution >= 0.6 is 0 Å². The Bertz CT molecular complexity index is 2600. The maximum Gasteiger partial charge on any atom is 0.194 e. The molecule has 0 unspecified atom stereocenters. The molecule has 8 rings (SSSR count). The molecule has 0 atom stereocenters. The lowest BCUT2D eigenvalue weighted by Crippen LogP contribution is -2.19. The Morgan fingerprint density at radius 2 is 1.33 bits per heavy atom. The highest BCUT2D eigenvalue weighted by Gasteiger charge is 2.28. The molecule has 0 bridgehead atoms. The standard InChI is InChI=1S/C52H41N3O2/c1-38-17-6-3-11-25-44(26-14-18-38)55(51-39(2)29-34-50-52(51)57-49-28-13-12-27-48(49)56-50)45-32-30-41(31-33-45)40-23-15-35-53-46(42-19-7-4-8-20-42)37-47(54-36-16-24-40)43-21-9-5-10-22-43/h3-24,26-37H,1,25H2,2H3/b11-3-,17-6-,18-14-,23-15+,24-16?,35-15?,36-16-,40-23?,40-24+,44-26+,46-37-,47-37?,53-35+,53-46?,54-36?,54-47+. The number of benzene rings is 5. The van der Waals surface area contributed by atoms with Crippen LogP contribution in [0.25, 0.3) is 11.3 Å². The maximum atomic E-state index is 6.65. The number of aryl methyl sites for hydroxylation is 1. The molecule has 5 aromatic carbocycles. The van der Waals surface area contributed by atoms with Gasteiger partial charge in [0.25, 0.3) is 0 Å². The van der Waals surface area contributed by atoms with Crippen LogP contribution in [-0.4, -0.2) is 11.9 Å². The molecule has 0 aromatic heterocycles. The van der Waals surface area contributed by atoms with Gasteiger partial charge in [-0.05, 0) is 83.8 Å². The minimum atomic E-state index is 0.666. The molecule has 0 N–H and O–H groups in total. The van der Waals surface area contributed by atoms with Gasteiger partial charge in [0.05, 0.1) is 17.1 Å². The van der Waals surface area contributed by atoms with Crippen molar-refractivity contribution >= 4 is 34.6 Å². The Morgan fingerprint density at radius 3 is 2.12 bits per heavy atom. The van der Waals surface area contributed by atoms with Crippen LogP contribution in [-0.2, 0) is 0 Å². The average molecular weight is 740 g/mol. The molecule has 5 heteroatoms. The number of anilines is 2. The molecule has 2 heterocycles. The molecule has 0 saturated carbocycles. The van der Waals surface area contributed by atoms with Crippen LogP contribution in [0.2, 0.25) is 0 Å². The Balaban J connectivity index is 1.19. The first-order chi connectivity index (χ1) is 28.1. The van der Waals surface area contributed by atoms with Gasteiger partial charge < -0.3 is 14.4 Å². The van der Waals surface area contributed by atoms with E-state index < -0.39 is 0 Å². The van der Waals surface area contributed by atoms with E-state index in [1.807, 2.05) is 116 Å². The predicted molar refractivity (Wildman–Crippen MR) is 238 cm³/mol. The van der Waals surface area contributed by atoms with Crippen LogP contribution in [0.5, 0.6) is 23.0 Å². The Morgan fingerprint density at radius 1 is 0.614 bits per heavy atom. The second-order valence-corrected chi connectivity index (χ2v) is 13.6. The van der Waals surface area contributed by atoms with E-state index in [1.54, 1.807) is 0 Å². The van der Waals surface area contributed by atoms with Gasteiger partial charge in [-0.25, -0.2) is 0 Å². The fourth-order valence-electron chi connectivity index (χ4n) is 6.74. The third kappa shape index (κ3) is 8.59. The van der Waals surface area contributed by atoms with Crippen molar-refractivity contribution in [1.82, 2.24) is 0 Å². The van der Waals surface area contributed by atoms with E-state index in [2.05, 4.69) is 109 Å². The van der Waals surface area contributed by atoms with Crippen molar-refractivity contribution in [3.63, 3.8) is 0 Å². The molecule has 1 aliphatic carbocycles. The zero-order chi connectivity index (χ0) is 38.8. The molecule has 276 valence electrons.